The fourth-order valence-electron chi connectivity index (χ4n) is 5.07. The van der Waals surface area contributed by atoms with Gasteiger partial charge in [0, 0.05) is 47.4 Å². The SMILES string of the molecule is Cl.O=C(CN1CCN(Cc2nc(-c3ccc(COc4ccc(Cl)cc4)cc3)no2)CC1)NN=Cc1cc(OCc2ccc(Cl)cc2)ccc1O. The molecule has 0 saturated carbocycles. The summed E-state index contributed by atoms with van der Waals surface area (Å²) in [6.45, 7) is 4.39. The van der Waals surface area contributed by atoms with Crippen LogP contribution >= 0.6 is 35.6 Å². The Labute approximate surface area is 305 Å². The van der Waals surface area contributed by atoms with Gasteiger partial charge >= 0.3 is 0 Å². The Balaban J connectivity index is 0.00000486. The van der Waals surface area contributed by atoms with Crippen molar-refractivity contribution in [3.8, 4) is 28.6 Å². The summed E-state index contributed by atoms with van der Waals surface area (Å²) in [6.07, 6.45) is 1.39. The van der Waals surface area contributed by atoms with Crippen molar-refractivity contribution in [3.05, 3.63) is 124 Å². The van der Waals surface area contributed by atoms with E-state index in [0.717, 1.165) is 35.5 Å². The highest BCUT2D eigenvalue weighted by Crippen LogP contribution is 2.23. The molecule has 1 aromatic heterocycles. The highest BCUT2D eigenvalue weighted by molar-refractivity contribution is 6.30. The molecule has 1 amide bonds. The molecule has 1 aliphatic heterocycles. The third kappa shape index (κ3) is 10.7. The van der Waals surface area contributed by atoms with Gasteiger partial charge < -0.3 is 19.1 Å². The van der Waals surface area contributed by atoms with Crippen molar-refractivity contribution in [1.29, 1.82) is 0 Å². The lowest BCUT2D eigenvalue weighted by molar-refractivity contribution is -0.122. The number of aromatic nitrogens is 2. The summed E-state index contributed by atoms with van der Waals surface area (Å²) in [5.74, 6) is 2.15. The second-order valence-electron chi connectivity index (χ2n) is 11.4. The van der Waals surface area contributed by atoms with E-state index in [1.807, 2.05) is 48.5 Å². The monoisotopic (exact) mass is 736 g/mol. The molecule has 4 aromatic carbocycles. The van der Waals surface area contributed by atoms with Crippen molar-refractivity contribution in [1.82, 2.24) is 25.4 Å². The predicted molar refractivity (Wildman–Crippen MR) is 194 cm³/mol. The maximum Gasteiger partial charge on any atom is 0.254 e. The van der Waals surface area contributed by atoms with Gasteiger partial charge in [-0.1, -0.05) is 64.8 Å². The number of carbonyl (C=O) groups is 1. The smallest absolute Gasteiger partial charge is 0.254 e. The van der Waals surface area contributed by atoms with Crippen LogP contribution in [0.4, 0.5) is 0 Å². The van der Waals surface area contributed by atoms with E-state index in [-0.39, 0.29) is 30.6 Å². The molecule has 260 valence electrons. The van der Waals surface area contributed by atoms with Gasteiger partial charge in [-0.2, -0.15) is 10.1 Å². The van der Waals surface area contributed by atoms with Gasteiger partial charge in [0.1, 0.15) is 30.5 Å². The number of rotatable bonds is 13. The van der Waals surface area contributed by atoms with Crippen LogP contribution in [0.2, 0.25) is 10.0 Å². The minimum absolute atomic E-state index is 0. The highest BCUT2D eigenvalue weighted by Gasteiger charge is 2.21. The lowest BCUT2D eigenvalue weighted by atomic mass is 10.1. The van der Waals surface area contributed by atoms with Crippen molar-refractivity contribution < 1.29 is 23.9 Å². The summed E-state index contributed by atoms with van der Waals surface area (Å²) in [5, 5.41) is 19.7. The highest BCUT2D eigenvalue weighted by atomic mass is 35.5. The molecule has 2 heterocycles. The number of carbonyl (C=O) groups excluding carboxylic acids is 1. The molecule has 11 nitrogen and oxygen atoms in total. The van der Waals surface area contributed by atoms with E-state index in [4.69, 9.17) is 37.2 Å². The minimum atomic E-state index is -0.247. The summed E-state index contributed by atoms with van der Waals surface area (Å²) in [7, 11) is 0. The molecule has 0 spiro atoms. The first kappa shape index (κ1) is 36.6. The van der Waals surface area contributed by atoms with Gasteiger partial charge in [0.25, 0.3) is 5.91 Å². The molecule has 0 unspecified atom stereocenters. The predicted octanol–water partition coefficient (Wildman–Crippen LogP) is 6.60. The number of benzene rings is 4. The second-order valence-corrected chi connectivity index (χ2v) is 12.3. The van der Waals surface area contributed by atoms with Crippen LogP contribution in [0.3, 0.4) is 0 Å². The zero-order chi connectivity index (χ0) is 34.0. The quantitative estimate of drug-likeness (QED) is 0.102. The van der Waals surface area contributed by atoms with Crippen LogP contribution in [-0.4, -0.2) is 69.9 Å². The van der Waals surface area contributed by atoms with Crippen molar-refractivity contribution in [2.75, 3.05) is 32.7 Å². The summed E-state index contributed by atoms with van der Waals surface area (Å²) in [4.78, 5) is 21.4. The first-order valence-corrected chi connectivity index (χ1v) is 16.4. The number of hydrogen-bond acceptors (Lipinski definition) is 10. The number of hydrogen-bond donors (Lipinski definition) is 2. The zero-order valence-corrected chi connectivity index (χ0v) is 29.2. The second kappa shape index (κ2) is 17.8. The number of halogens is 3. The molecule has 50 heavy (non-hydrogen) atoms. The van der Waals surface area contributed by atoms with Crippen LogP contribution in [0.25, 0.3) is 11.4 Å². The Morgan fingerprint density at radius 2 is 1.42 bits per heavy atom. The summed E-state index contributed by atoms with van der Waals surface area (Å²) in [5.41, 5.74) is 5.79. The number of nitrogens with zero attached hydrogens (tertiary/aromatic N) is 5. The Hall–Kier alpha value is -4.65. The molecule has 1 fully saturated rings. The first-order valence-electron chi connectivity index (χ1n) is 15.6. The third-order valence-electron chi connectivity index (χ3n) is 7.80. The van der Waals surface area contributed by atoms with Crippen LogP contribution in [0.5, 0.6) is 17.2 Å². The van der Waals surface area contributed by atoms with Crippen LogP contribution in [0.15, 0.2) is 101 Å². The molecule has 5 aromatic rings. The van der Waals surface area contributed by atoms with Crippen LogP contribution in [0.1, 0.15) is 22.6 Å². The molecular formula is C36H35Cl3N6O5. The molecule has 0 radical (unpaired) electrons. The van der Waals surface area contributed by atoms with Gasteiger partial charge in [-0.15, -0.1) is 12.4 Å². The Morgan fingerprint density at radius 1 is 0.840 bits per heavy atom. The maximum atomic E-state index is 12.6. The molecule has 0 atom stereocenters. The summed E-state index contributed by atoms with van der Waals surface area (Å²) >= 11 is 11.9. The van der Waals surface area contributed by atoms with Gasteiger partial charge in [-0.3, -0.25) is 14.6 Å². The Kier molecular flexibility index (Phi) is 13.1. The van der Waals surface area contributed by atoms with Gasteiger partial charge in [-0.25, -0.2) is 5.43 Å². The number of ether oxygens (including phenoxy) is 2. The van der Waals surface area contributed by atoms with Crippen molar-refractivity contribution in [3.63, 3.8) is 0 Å². The Morgan fingerprint density at radius 3 is 2.10 bits per heavy atom. The van der Waals surface area contributed by atoms with E-state index < -0.39 is 0 Å². The molecule has 6 rings (SSSR count). The van der Waals surface area contributed by atoms with E-state index in [2.05, 4.69) is 30.5 Å². The van der Waals surface area contributed by atoms with Crippen molar-refractivity contribution in [2.24, 2.45) is 5.10 Å². The van der Waals surface area contributed by atoms with Crippen molar-refractivity contribution >= 4 is 47.7 Å². The topological polar surface area (TPSA) is 126 Å². The van der Waals surface area contributed by atoms with E-state index in [0.29, 0.717) is 65.9 Å². The minimum Gasteiger partial charge on any atom is -0.507 e. The molecule has 0 bridgehead atoms. The van der Waals surface area contributed by atoms with Crippen LogP contribution < -0.4 is 14.9 Å². The summed E-state index contributed by atoms with van der Waals surface area (Å²) in [6, 6.07) is 27.3. The standard InChI is InChI=1S/C36H34Cl2N6O5.ClH/c37-29-7-3-26(4-8-29)24-48-32-13-14-33(45)28(19-32)20-39-41-34(46)21-43-15-17-44(18-16-43)22-35-40-36(42-49-35)27-5-1-25(2-6-27)23-47-31-11-9-30(38)10-12-31;/h1-14,19-20,45H,15-18,21-24H2,(H,41,46);1H. The average Bonchev–Trinajstić information content (AvgIpc) is 3.58. The van der Waals surface area contributed by atoms with E-state index in [1.165, 1.54) is 12.3 Å². The van der Waals surface area contributed by atoms with Gasteiger partial charge in [-0.05, 0) is 65.7 Å². The van der Waals surface area contributed by atoms with Gasteiger partial charge in [0.2, 0.25) is 11.7 Å². The van der Waals surface area contributed by atoms with E-state index in [1.54, 1.807) is 36.4 Å². The number of nitrogens with one attached hydrogen (secondary N) is 1. The van der Waals surface area contributed by atoms with Crippen LogP contribution in [0, 0.1) is 0 Å². The number of phenols is 1. The van der Waals surface area contributed by atoms with Crippen LogP contribution in [-0.2, 0) is 24.6 Å². The molecule has 1 aliphatic rings. The van der Waals surface area contributed by atoms with Crippen molar-refractivity contribution in [2.45, 2.75) is 19.8 Å². The van der Waals surface area contributed by atoms with Gasteiger partial charge in [0.05, 0.1) is 19.3 Å². The zero-order valence-electron chi connectivity index (χ0n) is 26.9. The number of aromatic hydroxyl groups is 1. The Bertz CT molecular complexity index is 1860. The largest absolute Gasteiger partial charge is 0.507 e. The van der Waals surface area contributed by atoms with E-state index >= 15 is 0 Å². The lowest BCUT2D eigenvalue weighted by Crippen LogP contribution is -2.48. The average molecular weight is 738 g/mol. The normalized spacial score (nSPS) is 13.6. The molecule has 2 N–H and O–H groups in total. The molecule has 1 saturated heterocycles. The fourth-order valence-corrected chi connectivity index (χ4v) is 5.32. The lowest BCUT2D eigenvalue weighted by Gasteiger charge is -2.33. The fraction of sp³-hybridized carbons (Fsp3) is 0.222. The van der Waals surface area contributed by atoms with Gasteiger partial charge in [0.15, 0.2) is 0 Å². The molecule has 0 aliphatic carbocycles. The summed E-state index contributed by atoms with van der Waals surface area (Å²) < 4.78 is 17.2. The first-order chi connectivity index (χ1) is 23.9. The number of phenolic OH excluding ortho intramolecular Hbond substituents is 1. The van der Waals surface area contributed by atoms with E-state index in [9.17, 15) is 9.90 Å². The number of piperazine rings is 1. The molecule has 14 heteroatoms. The number of amides is 1. The number of hydrazone groups is 1. The molecular weight excluding hydrogens is 703 g/mol. The maximum absolute atomic E-state index is 12.6. The third-order valence-corrected chi connectivity index (χ3v) is 8.30.